The topological polar surface area (TPSA) is 133 Å². The van der Waals surface area contributed by atoms with Gasteiger partial charge in [-0.25, -0.2) is 4.98 Å². The molecule has 1 atom stereocenters. The smallest absolute Gasteiger partial charge is 0.310 e. The SMILES string of the molecule is COc1ccc([C@H]2C(C(=O)Nc3ncccc3C)=C(C)NC3=C2C(=O)CCC3)cc1COc1ccccc1[N+](=O)[O-]. The highest BCUT2D eigenvalue weighted by Gasteiger charge is 2.39. The molecule has 0 radical (unpaired) electrons. The molecule has 2 heterocycles. The average molecular weight is 555 g/mol. The molecule has 2 N–H and O–H groups in total. The van der Waals surface area contributed by atoms with Crippen molar-refractivity contribution in [1.29, 1.82) is 0 Å². The summed E-state index contributed by atoms with van der Waals surface area (Å²) in [6, 6.07) is 15.2. The predicted molar refractivity (Wildman–Crippen MR) is 152 cm³/mol. The van der Waals surface area contributed by atoms with Gasteiger partial charge in [-0.05, 0) is 62.1 Å². The zero-order valence-corrected chi connectivity index (χ0v) is 23.0. The van der Waals surface area contributed by atoms with Gasteiger partial charge < -0.3 is 20.1 Å². The van der Waals surface area contributed by atoms with Crippen LogP contribution < -0.4 is 20.1 Å². The summed E-state index contributed by atoms with van der Waals surface area (Å²) >= 11 is 0. The summed E-state index contributed by atoms with van der Waals surface area (Å²) in [5.41, 5.74) is 4.45. The lowest BCUT2D eigenvalue weighted by Gasteiger charge is -2.34. The maximum absolute atomic E-state index is 13.8. The Kier molecular flexibility index (Phi) is 7.82. The fraction of sp³-hybridized carbons (Fsp3) is 0.258. The molecular weight excluding hydrogens is 524 g/mol. The van der Waals surface area contributed by atoms with Gasteiger partial charge in [-0.1, -0.05) is 24.3 Å². The Morgan fingerprint density at radius 3 is 2.68 bits per heavy atom. The number of benzene rings is 2. The second-order valence-electron chi connectivity index (χ2n) is 9.97. The lowest BCUT2D eigenvalue weighted by atomic mass is 9.74. The minimum Gasteiger partial charge on any atom is -0.496 e. The predicted octanol–water partition coefficient (Wildman–Crippen LogP) is 5.49. The fourth-order valence-corrected chi connectivity index (χ4v) is 5.39. The van der Waals surface area contributed by atoms with Crippen molar-refractivity contribution in [3.8, 4) is 11.5 Å². The minimum atomic E-state index is -0.640. The van der Waals surface area contributed by atoms with Gasteiger partial charge in [0.1, 0.15) is 18.2 Å². The molecule has 0 bridgehead atoms. The first-order valence-electron chi connectivity index (χ1n) is 13.3. The normalized spacial score (nSPS) is 16.6. The van der Waals surface area contributed by atoms with E-state index in [1.165, 1.54) is 19.2 Å². The molecule has 10 nitrogen and oxygen atoms in total. The standard InChI is InChI=1S/C31H30N4O6/c1-18-8-7-15-32-30(18)34-31(37)27-19(2)33-22-9-6-11-24(36)29(22)28(27)20-13-14-25(40-3)21(16-20)17-41-26-12-5-4-10-23(26)35(38)39/h4-5,7-8,10,12-16,28,33H,6,9,11,17H2,1-3H3,(H,32,34,37)/t28-/m0/s1. The number of amides is 1. The second kappa shape index (κ2) is 11.6. The molecule has 41 heavy (non-hydrogen) atoms. The number of carbonyl (C=O) groups excluding carboxylic acids is 2. The van der Waals surface area contributed by atoms with Crippen molar-refractivity contribution in [3.05, 3.63) is 110 Å². The minimum absolute atomic E-state index is 0.0101. The molecule has 10 heteroatoms. The zero-order valence-electron chi connectivity index (χ0n) is 23.0. The summed E-state index contributed by atoms with van der Waals surface area (Å²) < 4.78 is 11.4. The summed E-state index contributed by atoms with van der Waals surface area (Å²) in [5.74, 6) is 0.0739. The van der Waals surface area contributed by atoms with Crippen LogP contribution >= 0.6 is 0 Å². The molecule has 0 unspecified atom stereocenters. The van der Waals surface area contributed by atoms with E-state index in [2.05, 4.69) is 15.6 Å². The molecule has 1 aliphatic carbocycles. The Labute approximate surface area is 237 Å². The number of nitro benzene ring substituents is 1. The molecule has 1 aliphatic heterocycles. The molecule has 0 spiro atoms. The van der Waals surface area contributed by atoms with Gasteiger partial charge in [0.05, 0.1) is 12.0 Å². The van der Waals surface area contributed by atoms with Gasteiger partial charge in [0.15, 0.2) is 11.5 Å². The molecule has 0 saturated carbocycles. The van der Waals surface area contributed by atoms with Crippen molar-refractivity contribution in [3.63, 3.8) is 0 Å². The monoisotopic (exact) mass is 554 g/mol. The third-order valence-electron chi connectivity index (χ3n) is 7.34. The van der Waals surface area contributed by atoms with Crippen molar-refractivity contribution in [2.75, 3.05) is 12.4 Å². The second-order valence-corrected chi connectivity index (χ2v) is 9.97. The van der Waals surface area contributed by atoms with Crippen LogP contribution in [-0.2, 0) is 16.2 Å². The van der Waals surface area contributed by atoms with Crippen LogP contribution in [0.5, 0.6) is 11.5 Å². The lowest BCUT2D eigenvalue weighted by Crippen LogP contribution is -2.35. The van der Waals surface area contributed by atoms with E-state index in [-0.39, 0.29) is 29.7 Å². The number of aryl methyl sites for hydroxylation is 1. The number of aromatic nitrogens is 1. The molecule has 1 aromatic heterocycles. The van der Waals surface area contributed by atoms with Gasteiger partial charge in [-0.2, -0.15) is 0 Å². The van der Waals surface area contributed by atoms with Crippen LogP contribution in [0.25, 0.3) is 0 Å². The van der Waals surface area contributed by atoms with Crippen LogP contribution in [0.4, 0.5) is 11.5 Å². The first kappa shape index (κ1) is 27.6. The van der Waals surface area contributed by atoms with Gasteiger partial charge in [0, 0.05) is 52.7 Å². The van der Waals surface area contributed by atoms with E-state index >= 15 is 0 Å². The number of para-hydroxylation sites is 2. The van der Waals surface area contributed by atoms with Crippen molar-refractivity contribution in [2.24, 2.45) is 0 Å². The number of dihydropyridines is 1. The number of methoxy groups -OCH3 is 1. The van der Waals surface area contributed by atoms with Gasteiger partial charge >= 0.3 is 5.69 Å². The van der Waals surface area contributed by atoms with E-state index in [9.17, 15) is 19.7 Å². The maximum atomic E-state index is 13.8. The van der Waals surface area contributed by atoms with Crippen LogP contribution in [-0.4, -0.2) is 28.7 Å². The number of carbonyl (C=O) groups is 2. The molecule has 0 fully saturated rings. The molecular formula is C31H30N4O6. The van der Waals surface area contributed by atoms with E-state index in [1.807, 2.05) is 32.0 Å². The summed E-state index contributed by atoms with van der Waals surface area (Å²) in [6.07, 6.45) is 3.44. The van der Waals surface area contributed by atoms with E-state index < -0.39 is 10.8 Å². The molecule has 3 aromatic rings. The summed E-state index contributed by atoms with van der Waals surface area (Å²) in [6.45, 7) is 3.67. The van der Waals surface area contributed by atoms with Gasteiger partial charge in [-0.15, -0.1) is 0 Å². The number of nitrogens with zero attached hydrogens (tertiary/aromatic N) is 2. The van der Waals surface area contributed by atoms with Crippen LogP contribution in [0, 0.1) is 17.0 Å². The number of nitrogens with one attached hydrogen (secondary N) is 2. The largest absolute Gasteiger partial charge is 0.496 e. The Hall–Kier alpha value is -4.99. The van der Waals surface area contributed by atoms with Gasteiger partial charge in [0.2, 0.25) is 0 Å². The van der Waals surface area contributed by atoms with E-state index in [1.54, 1.807) is 30.5 Å². The highest BCUT2D eigenvalue weighted by atomic mass is 16.6. The van der Waals surface area contributed by atoms with Crippen LogP contribution in [0.3, 0.4) is 0 Å². The van der Waals surface area contributed by atoms with Crippen LogP contribution in [0.15, 0.2) is 83.3 Å². The van der Waals surface area contributed by atoms with Gasteiger partial charge in [0.25, 0.3) is 5.91 Å². The van der Waals surface area contributed by atoms with E-state index in [0.717, 1.165) is 17.7 Å². The first-order chi connectivity index (χ1) is 19.8. The Morgan fingerprint density at radius 1 is 1.12 bits per heavy atom. The summed E-state index contributed by atoms with van der Waals surface area (Å²) in [5, 5.41) is 17.7. The first-order valence-corrected chi connectivity index (χ1v) is 13.3. The maximum Gasteiger partial charge on any atom is 0.310 e. The summed E-state index contributed by atoms with van der Waals surface area (Å²) in [4.78, 5) is 42.4. The van der Waals surface area contributed by atoms with Crippen molar-refractivity contribution < 1.29 is 24.0 Å². The van der Waals surface area contributed by atoms with E-state index in [0.29, 0.717) is 52.4 Å². The molecule has 1 amide bonds. The molecule has 0 saturated heterocycles. The van der Waals surface area contributed by atoms with Gasteiger partial charge in [-0.3, -0.25) is 19.7 Å². The number of rotatable bonds is 8. The van der Waals surface area contributed by atoms with Crippen LogP contribution in [0.1, 0.15) is 48.8 Å². The average Bonchev–Trinajstić information content (AvgIpc) is 2.96. The van der Waals surface area contributed by atoms with Crippen molar-refractivity contribution >= 4 is 23.2 Å². The number of pyridine rings is 1. The number of ether oxygens (including phenoxy) is 2. The lowest BCUT2D eigenvalue weighted by molar-refractivity contribution is -0.385. The Morgan fingerprint density at radius 2 is 1.93 bits per heavy atom. The number of anilines is 1. The third kappa shape index (κ3) is 5.54. The number of Topliss-reactive ketones (excluding diaryl/α,β-unsaturated/α-hetero) is 1. The third-order valence-corrected chi connectivity index (χ3v) is 7.34. The fourth-order valence-electron chi connectivity index (χ4n) is 5.39. The molecule has 2 aliphatic rings. The van der Waals surface area contributed by atoms with E-state index in [4.69, 9.17) is 9.47 Å². The highest BCUT2D eigenvalue weighted by molar-refractivity contribution is 6.09. The number of hydrogen-bond donors (Lipinski definition) is 2. The number of ketones is 1. The zero-order chi connectivity index (χ0) is 29.1. The Bertz CT molecular complexity index is 1610. The van der Waals surface area contributed by atoms with Crippen LogP contribution in [0.2, 0.25) is 0 Å². The quantitative estimate of drug-likeness (QED) is 0.276. The molecule has 2 aromatic carbocycles. The van der Waals surface area contributed by atoms with Crippen molar-refractivity contribution in [2.45, 2.75) is 45.6 Å². The number of allylic oxidation sites excluding steroid dienone is 3. The summed E-state index contributed by atoms with van der Waals surface area (Å²) in [7, 11) is 1.53. The molecule has 210 valence electrons. The highest BCUT2D eigenvalue weighted by Crippen LogP contribution is 2.43. The number of nitro groups is 1. The molecule has 5 rings (SSSR count). The number of hydrogen-bond acceptors (Lipinski definition) is 8. The Balaban J connectivity index is 1.56. The van der Waals surface area contributed by atoms with Crippen molar-refractivity contribution in [1.82, 2.24) is 10.3 Å².